The molecule has 0 aliphatic carbocycles. The zero-order chi connectivity index (χ0) is 25.5. The molecule has 0 aromatic heterocycles. The van der Waals surface area contributed by atoms with Crippen molar-refractivity contribution >= 4 is 5.91 Å². The Morgan fingerprint density at radius 3 is 1.71 bits per heavy atom. The number of carbonyl (C=O) groups is 1. The molecule has 5 atom stereocenters. The van der Waals surface area contributed by atoms with Crippen molar-refractivity contribution < 1.29 is 4.79 Å². The Morgan fingerprint density at radius 2 is 1.24 bits per heavy atom. The summed E-state index contributed by atoms with van der Waals surface area (Å²) in [5.74, 6) is 1.68. The number of amides is 1. The smallest absolute Gasteiger partial charge is 0.225 e. The average Bonchev–Trinajstić information content (AvgIpc) is 2.89. The Balaban J connectivity index is 0.000000362. The minimum Gasteiger partial charge on any atom is -0.335 e. The summed E-state index contributed by atoms with van der Waals surface area (Å²) in [6.07, 6.45) is 3.25. The maximum Gasteiger partial charge on any atom is 0.225 e. The third-order valence-electron chi connectivity index (χ3n) is 7.04. The Bertz CT molecular complexity index is 777. The summed E-state index contributed by atoms with van der Waals surface area (Å²) in [6, 6.07) is 21.5. The van der Waals surface area contributed by atoms with Crippen LogP contribution >= 0.6 is 0 Å². The van der Waals surface area contributed by atoms with Crippen LogP contribution < -0.4 is 5.32 Å². The zero-order valence-corrected chi connectivity index (χ0v) is 23.1. The number of carbonyl (C=O) groups excluding carboxylic acids is 1. The van der Waals surface area contributed by atoms with Gasteiger partial charge in [0, 0.05) is 18.5 Å². The largest absolute Gasteiger partial charge is 0.335 e. The summed E-state index contributed by atoms with van der Waals surface area (Å²) in [5, 5.41) is 3.55. The standard InChI is InChI=1S/C18H29NO.C13H21N/c1-6-14(3)13-19(18(20)15(4)7-2)16(5)17-11-9-8-10-12-17;1-4-11(2)10-14-12(3)13-8-6-5-7-9-13/h8-12,14-16H,6-7,13H2,1-5H3;5-9,11-12,14H,4,10H2,1-3H3/t14?,15-,16+;11?,12-/m01/s1. The molecule has 0 spiro atoms. The molecule has 0 saturated heterocycles. The molecule has 1 amide bonds. The maximum atomic E-state index is 12.7. The second-order valence-electron chi connectivity index (χ2n) is 9.95. The second-order valence-corrected chi connectivity index (χ2v) is 9.95. The molecule has 1 N–H and O–H groups in total. The number of rotatable bonds is 12. The quantitative estimate of drug-likeness (QED) is 0.343. The van der Waals surface area contributed by atoms with E-state index in [9.17, 15) is 4.79 Å². The molecular formula is C31H50N2O. The first-order valence-corrected chi connectivity index (χ1v) is 13.4. The molecule has 3 nitrogen and oxygen atoms in total. The third-order valence-corrected chi connectivity index (χ3v) is 7.04. The summed E-state index contributed by atoms with van der Waals surface area (Å²) in [5.41, 5.74) is 2.59. The molecule has 2 rings (SSSR count). The Hall–Kier alpha value is -2.13. The van der Waals surface area contributed by atoms with Crippen LogP contribution in [-0.2, 0) is 4.79 Å². The van der Waals surface area contributed by atoms with Gasteiger partial charge in [-0.15, -0.1) is 0 Å². The van der Waals surface area contributed by atoms with Gasteiger partial charge in [0.25, 0.3) is 0 Å². The van der Waals surface area contributed by atoms with Crippen molar-refractivity contribution in [3.63, 3.8) is 0 Å². The highest BCUT2D eigenvalue weighted by Gasteiger charge is 2.25. The van der Waals surface area contributed by atoms with Crippen LogP contribution in [-0.4, -0.2) is 23.9 Å². The number of benzene rings is 2. The van der Waals surface area contributed by atoms with Gasteiger partial charge in [0.15, 0.2) is 0 Å². The maximum absolute atomic E-state index is 12.7. The van der Waals surface area contributed by atoms with E-state index in [2.05, 4.69) is 101 Å². The van der Waals surface area contributed by atoms with Crippen LogP contribution in [0.4, 0.5) is 0 Å². The summed E-state index contributed by atoms with van der Waals surface area (Å²) < 4.78 is 0. The molecule has 34 heavy (non-hydrogen) atoms. The molecular weight excluding hydrogens is 416 g/mol. The minimum absolute atomic E-state index is 0.102. The lowest BCUT2D eigenvalue weighted by Crippen LogP contribution is -2.39. The van der Waals surface area contributed by atoms with E-state index in [1.54, 1.807) is 0 Å². The van der Waals surface area contributed by atoms with Crippen LogP contribution in [0.1, 0.15) is 97.9 Å². The highest BCUT2D eigenvalue weighted by molar-refractivity contribution is 5.79. The predicted molar refractivity (Wildman–Crippen MR) is 148 cm³/mol. The number of hydrogen-bond donors (Lipinski definition) is 1. The molecule has 2 unspecified atom stereocenters. The molecule has 0 fully saturated rings. The molecule has 0 aliphatic rings. The summed E-state index contributed by atoms with van der Waals surface area (Å²) >= 11 is 0. The van der Waals surface area contributed by atoms with E-state index in [1.807, 2.05) is 25.1 Å². The van der Waals surface area contributed by atoms with Gasteiger partial charge in [-0.25, -0.2) is 0 Å². The SMILES string of the molecule is CCC(C)CN(C(=O)[C@@H](C)CC)[C@H](C)c1ccccc1.CCC(C)CN[C@H](C)c1ccccc1. The minimum atomic E-state index is 0.102. The molecule has 0 radical (unpaired) electrons. The molecule has 0 saturated carbocycles. The first-order valence-electron chi connectivity index (χ1n) is 13.4. The van der Waals surface area contributed by atoms with Crippen molar-refractivity contribution in [2.24, 2.45) is 17.8 Å². The van der Waals surface area contributed by atoms with Crippen LogP contribution in [0, 0.1) is 17.8 Å². The first kappa shape index (κ1) is 29.9. The van der Waals surface area contributed by atoms with E-state index in [1.165, 1.54) is 17.5 Å². The predicted octanol–water partition coefficient (Wildman–Crippen LogP) is 8.05. The van der Waals surface area contributed by atoms with Gasteiger partial charge in [-0.3, -0.25) is 4.79 Å². The average molecular weight is 467 g/mol. The lowest BCUT2D eigenvalue weighted by atomic mass is 10.00. The van der Waals surface area contributed by atoms with Gasteiger partial charge in [0.1, 0.15) is 0 Å². The van der Waals surface area contributed by atoms with Crippen molar-refractivity contribution in [1.29, 1.82) is 0 Å². The lowest BCUT2D eigenvalue weighted by Gasteiger charge is -2.33. The molecule has 190 valence electrons. The number of nitrogens with zero attached hydrogens (tertiary/aromatic N) is 1. The number of nitrogens with one attached hydrogen (secondary N) is 1. The van der Waals surface area contributed by atoms with E-state index in [0.29, 0.717) is 12.0 Å². The molecule has 3 heteroatoms. The molecule has 0 bridgehead atoms. The van der Waals surface area contributed by atoms with E-state index >= 15 is 0 Å². The van der Waals surface area contributed by atoms with Crippen molar-refractivity contribution in [3.05, 3.63) is 71.8 Å². The monoisotopic (exact) mass is 466 g/mol. The number of hydrogen-bond acceptors (Lipinski definition) is 2. The second kappa shape index (κ2) is 16.5. The van der Waals surface area contributed by atoms with Gasteiger partial charge in [0.05, 0.1) is 6.04 Å². The lowest BCUT2D eigenvalue weighted by molar-refractivity contribution is -0.138. The van der Waals surface area contributed by atoms with Crippen LogP contribution in [0.3, 0.4) is 0 Å². The molecule has 2 aromatic carbocycles. The van der Waals surface area contributed by atoms with Crippen LogP contribution in [0.15, 0.2) is 60.7 Å². The molecule has 0 aliphatic heterocycles. The Morgan fingerprint density at radius 1 is 0.735 bits per heavy atom. The van der Waals surface area contributed by atoms with Crippen LogP contribution in [0.5, 0.6) is 0 Å². The van der Waals surface area contributed by atoms with Crippen molar-refractivity contribution in [1.82, 2.24) is 10.2 Å². The summed E-state index contributed by atoms with van der Waals surface area (Å²) in [7, 11) is 0. The van der Waals surface area contributed by atoms with E-state index in [-0.39, 0.29) is 17.9 Å². The van der Waals surface area contributed by atoms with Gasteiger partial charge < -0.3 is 10.2 Å². The summed E-state index contributed by atoms with van der Waals surface area (Å²) in [4.78, 5) is 14.7. The van der Waals surface area contributed by atoms with E-state index in [0.717, 1.165) is 31.8 Å². The first-order chi connectivity index (χ1) is 16.2. The van der Waals surface area contributed by atoms with Crippen LogP contribution in [0.2, 0.25) is 0 Å². The van der Waals surface area contributed by atoms with Crippen molar-refractivity contribution in [3.8, 4) is 0 Å². The summed E-state index contributed by atoms with van der Waals surface area (Å²) in [6.45, 7) is 19.3. The van der Waals surface area contributed by atoms with Gasteiger partial charge in [-0.1, -0.05) is 115 Å². The highest BCUT2D eigenvalue weighted by Crippen LogP contribution is 2.24. The third kappa shape index (κ3) is 10.4. The topological polar surface area (TPSA) is 32.3 Å². The van der Waals surface area contributed by atoms with Gasteiger partial charge in [0.2, 0.25) is 5.91 Å². The Labute approximate surface area is 210 Å². The van der Waals surface area contributed by atoms with Crippen LogP contribution in [0.25, 0.3) is 0 Å². The van der Waals surface area contributed by atoms with E-state index in [4.69, 9.17) is 0 Å². The van der Waals surface area contributed by atoms with E-state index < -0.39 is 0 Å². The fourth-order valence-corrected chi connectivity index (χ4v) is 3.65. The Kier molecular flexibility index (Phi) is 14.5. The fraction of sp³-hybridized carbons (Fsp3) is 0.581. The van der Waals surface area contributed by atoms with Gasteiger partial charge in [-0.2, -0.15) is 0 Å². The normalized spacial score (nSPS) is 15.3. The molecule has 0 heterocycles. The fourth-order valence-electron chi connectivity index (χ4n) is 3.65. The highest BCUT2D eigenvalue weighted by atomic mass is 16.2. The molecule has 2 aromatic rings. The van der Waals surface area contributed by atoms with Gasteiger partial charge >= 0.3 is 0 Å². The van der Waals surface area contributed by atoms with Crippen molar-refractivity contribution in [2.75, 3.05) is 13.1 Å². The zero-order valence-electron chi connectivity index (χ0n) is 23.1. The van der Waals surface area contributed by atoms with Gasteiger partial charge in [-0.05, 0) is 49.8 Å². The van der Waals surface area contributed by atoms with Crippen molar-refractivity contribution in [2.45, 2.75) is 86.7 Å².